The van der Waals surface area contributed by atoms with Gasteiger partial charge in [0.25, 0.3) is 5.69 Å². The van der Waals surface area contributed by atoms with Gasteiger partial charge >= 0.3 is 6.09 Å². The Morgan fingerprint density at radius 1 is 1.19 bits per heavy atom. The third-order valence-corrected chi connectivity index (χ3v) is 7.32. The van der Waals surface area contributed by atoms with Gasteiger partial charge in [0.05, 0.1) is 4.92 Å². The van der Waals surface area contributed by atoms with Crippen molar-refractivity contribution in [2.75, 3.05) is 26.2 Å². The molecule has 0 N–H and O–H groups in total. The fourth-order valence-electron chi connectivity index (χ4n) is 4.90. The van der Waals surface area contributed by atoms with Crippen LogP contribution >= 0.6 is 0 Å². The summed E-state index contributed by atoms with van der Waals surface area (Å²) in [6.07, 6.45) is 9.59. The topological polar surface area (TPSA) is 75.9 Å². The van der Waals surface area contributed by atoms with Crippen molar-refractivity contribution < 1.29 is 14.5 Å². The Kier molecular flexibility index (Phi) is 10.4. The number of hydrogen-bond acceptors (Lipinski definition) is 5. The maximum atomic E-state index is 12.9. The highest BCUT2D eigenvalue weighted by molar-refractivity contribution is 5.68. The monoisotopic (exact) mass is 505 g/mol. The predicted molar refractivity (Wildman–Crippen MR) is 147 cm³/mol. The molecular formula is C30H39N3O4. The van der Waals surface area contributed by atoms with E-state index in [-0.39, 0.29) is 29.8 Å². The van der Waals surface area contributed by atoms with Crippen molar-refractivity contribution >= 4 is 11.8 Å². The number of benzene rings is 2. The van der Waals surface area contributed by atoms with Crippen molar-refractivity contribution in [3.63, 3.8) is 0 Å². The minimum atomic E-state index is -0.446. The Balaban J connectivity index is 1.52. The second-order valence-corrected chi connectivity index (χ2v) is 9.94. The van der Waals surface area contributed by atoms with E-state index in [0.717, 1.165) is 45.3 Å². The van der Waals surface area contributed by atoms with Crippen molar-refractivity contribution in [3.8, 4) is 0 Å². The van der Waals surface area contributed by atoms with Crippen molar-refractivity contribution in [2.24, 2.45) is 0 Å². The lowest BCUT2D eigenvalue weighted by atomic mass is 9.76. The lowest BCUT2D eigenvalue weighted by Crippen LogP contribution is -2.48. The highest BCUT2D eigenvalue weighted by atomic mass is 16.6. The van der Waals surface area contributed by atoms with Gasteiger partial charge in [-0.1, -0.05) is 55.5 Å². The highest BCUT2D eigenvalue weighted by Gasteiger charge is 2.30. The fourth-order valence-corrected chi connectivity index (χ4v) is 4.90. The molecule has 0 spiro atoms. The minimum absolute atomic E-state index is 0.0148. The van der Waals surface area contributed by atoms with Gasteiger partial charge in [0.2, 0.25) is 0 Å². The van der Waals surface area contributed by atoms with E-state index in [0.29, 0.717) is 12.1 Å². The number of amides is 1. The highest BCUT2D eigenvalue weighted by Crippen LogP contribution is 2.32. The number of nitrogens with zero attached hydrogens (tertiary/aromatic N) is 3. The molecule has 1 amide bonds. The summed E-state index contributed by atoms with van der Waals surface area (Å²) in [4.78, 5) is 27.6. The Labute approximate surface area is 220 Å². The van der Waals surface area contributed by atoms with E-state index in [1.165, 1.54) is 17.7 Å². The first-order valence-corrected chi connectivity index (χ1v) is 13.0. The van der Waals surface area contributed by atoms with Gasteiger partial charge in [-0.2, -0.15) is 0 Å². The van der Waals surface area contributed by atoms with Gasteiger partial charge in [-0.3, -0.25) is 10.1 Å². The Hall–Kier alpha value is -3.45. The number of nitro benzene ring substituents is 1. The quantitative estimate of drug-likeness (QED) is 0.187. The summed E-state index contributed by atoms with van der Waals surface area (Å²) in [6.45, 7) is 11.6. The van der Waals surface area contributed by atoms with Gasteiger partial charge in [-0.05, 0) is 67.8 Å². The van der Waals surface area contributed by atoms with Crippen LogP contribution in [0.25, 0.3) is 0 Å². The van der Waals surface area contributed by atoms with E-state index in [1.54, 1.807) is 23.1 Å². The molecule has 2 aromatic rings. The normalized spacial score (nSPS) is 16.3. The Morgan fingerprint density at radius 3 is 2.46 bits per heavy atom. The first-order chi connectivity index (χ1) is 17.9. The van der Waals surface area contributed by atoms with Crippen LogP contribution in [-0.4, -0.2) is 53.0 Å². The molecule has 1 saturated heterocycles. The molecule has 1 heterocycles. The maximum Gasteiger partial charge on any atom is 0.410 e. The lowest BCUT2D eigenvalue weighted by Gasteiger charge is -2.39. The van der Waals surface area contributed by atoms with Crippen LogP contribution in [0.3, 0.4) is 0 Å². The number of ether oxygens (including phenoxy) is 1. The standard InChI is InChI=1S/C30H39N3O4/c1-4-6-18-30(3,26-10-8-7-9-11-26)19-23-31-21-16-27(17-22-31)32(20-5-2)29(34)37-24-25-12-14-28(15-13-25)33(35)36/h4-15,27H,2,16-24H2,1,3H3/b6-4+. The Morgan fingerprint density at radius 2 is 1.86 bits per heavy atom. The number of rotatable bonds is 12. The Bertz CT molecular complexity index is 1050. The van der Waals surface area contributed by atoms with Gasteiger partial charge in [-0.15, -0.1) is 6.58 Å². The van der Waals surface area contributed by atoms with Crippen molar-refractivity contribution in [1.82, 2.24) is 9.80 Å². The minimum Gasteiger partial charge on any atom is -0.445 e. The number of carbonyl (C=O) groups is 1. The van der Waals surface area contributed by atoms with Gasteiger partial charge in [0, 0.05) is 37.8 Å². The van der Waals surface area contributed by atoms with Gasteiger partial charge in [-0.25, -0.2) is 4.79 Å². The van der Waals surface area contributed by atoms with Crippen molar-refractivity contribution in [2.45, 2.75) is 57.6 Å². The zero-order valence-corrected chi connectivity index (χ0v) is 22.1. The molecule has 3 rings (SSSR count). The summed E-state index contributed by atoms with van der Waals surface area (Å²) in [5.74, 6) is 0. The van der Waals surface area contributed by atoms with E-state index < -0.39 is 4.92 Å². The second-order valence-electron chi connectivity index (χ2n) is 9.94. The third-order valence-electron chi connectivity index (χ3n) is 7.32. The number of likely N-dealkylation sites (tertiary alicyclic amines) is 1. The van der Waals surface area contributed by atoms with Crippen LogP contribution in [0.5, 0.6) is 0 Å². The first-order valence-electron chi connectivity index (χ1n) is 13.0. The molecule has 0 aliphatic carbocycles. The SMILES string of the molecule is C=CCN(C(=O)OCc1ccc([N+](=O)[O-])cc1)C1CCN(CCC(C)(C/C=C/C)c2ccccc2)CC1. The molecule has 37 heavy (non-hydrogen) atoms. The van der Waals surface area contributed by atoms with Crippen LogP contribution in [0, 0.1) is 10.1 Å². The summed E-state index contributed by atoms with van der Waals surface area (Å²) < 4.78 is 5.55. The van der Waals surface area contributed by atoms with E-state index in [1.807, 2.05) is 0 Å². The van der Waals surface area contributed by atoms with Crippen LogP contribution in [0.1, 0.15) is 50.7 Å². The van der Waals surface area contributed by atoms with E-state index >= 15 is 0 Å². The second kappa shape index (κ2) is 13.7. The predicted octanol–water partition coefficient (Wildman–Crippen LogP) is 6.50. The summed E-state index contributed by atoms with van der Waals surface area (Å²) in [6, 6.07) is 16.9. The molecular weight excluding hydrogens is 466 g/mol. The van der Waals surface area contributed by atoms with Crippen molar-refractivity contribution in [1.29, 1.82) is 0 Å². The molecule has 1 fully saturated rings. The molecule has 1 atom stereocenters. The molecule has 198 valence electrons. The lowest BCUT2D eigenvalue weighted by molar-refractivity contribution is -0.384. The van der Waals surface area contributed by atoms with E-state index in [4.69, 9.17) is 4.74 Å². The summed E-state index contributed by atoms with van der Waals surface area (Å²) in [5, 5.41) is 10.8. The average molecular weight is 506 g/mol. The smallest absolute Gasteiger partial charge is 0.410 e. The zero-order chi connectivity index (χ0) is 26.7. The van der Waals surface area contributed by atoms with E-state index in [9.17, 15) is 14.9 Å². The molecule has 0 saturated carbocycles. The van der Waals surface area contributed by atoms with Crippen LogP contribution in [0.15, 0.2) is 79.4 Å². The number of nitro groups is 1. The molecule has 0 bridgehead atoms. The van der Waals surface area contributed by atoms with Crippen LogP contribution in [0.2, 0.25) is 0 Å². The molecule has 0 radical (unpaired) electrons. The van der Waals surface area contributed by atoms with Gasteiger partial charge in [0.15, 0.2) is 0 Å². The summed E-state index contributed by atoms with van der Waals surface area (Å²) >= 11 is 0. The number of piperidine rings is 1. The molecule has 7 heteroatoms. The molecule has 7 nitrogen and oxygen atoms in total. The van der Waals surface area contributed by atoms with Crippen LogP contribution < -0.4 is 0 Å². The number of carbonyl (C=O) groups excluding carboxylic acids is 1. The largest absolute Gasteiger partial charge is 0.445 e. The summed E-state index contributed by atoms with van der Waals surface area (Å²) in [7, 11) is 0. The van der Waals surface area contributed by atoms with Gasteiger partial charge < -0.3 is 14.5 Å². The zero-order valence-electron chi connectivity index (χ0n) is 22.1. The van der Waals surface area contributed by atoms with Crippen LogP contribution in [0.4, 0.5) is 10.5 Å². The molecule has 1 aliphatic heterocycles. The number of allylic oxidation sites excluding steroid dienone is 2. The molecule has 0 aromatic heterocycles. The van der Waals surface area contributed by atoms with Gasteiger partial charge in [0.1, 0.15) is 6.61 Å². The summed E-state index contributed by atoms with van der Waals surface area (Å²) in [5.41, 5.74) is 2.19. The average Bonchev–Trinajstić information content (AvgIpc) is 2.93. The molecule has 2 aromatic carbocycles. The molecule has 1 aliphatic rings. The third kappa shape index (κ3) is 8.02. The van der Waals surface area contributed by atoms with E-state index in [2.05, 4.69) is 67.8 Å². The molecule has 1 unspecified atom stereocenters. The fraction of sp³-hybridized carbons (Fsp3) is 0.433. The van der Waals surface area contributed by atoms with Crippen LogP contribution in [-0.2, 0) is 16.8 Å². The number of non-ortho nitro benzene ring substituents is 1. The number of hydrogen-bond donors (Lipinski definition) is 0. The van der Waals surface area contributed by atoms with Crippen molar-refractivity contribution in [3.05, 3.63) is 101 Å². The first kappa shape index (κ1) is 28.1. The maximum absolute atomic E-state index is 12.9.